The number of rotatable bonds is 19. The van der Waals surface area contributed by atoms with E-state index in [0.717, 1.165) is 16.7 Å². The molecule has 61 heavy (non-hydrogen) atoms. The molecule has 0 unspecified atom stereocenters. The van der Waals surface area contributed by atoms with Crippen LogP contribution >= 0.6 is 0 Å². The zero-order chi connectivity index (χ0) is 45.8. The van der Waals surface area contributed by atoms with Gasteiger partial charge in [0.2, 0.25) is 11.8 Å². The zero-order valence-electron chi connectivity index (χ0n) is 32.4. The zero-order valence-corrected chi connectivity index (χ0v) is 32.4. The summed E-state index contributed by atoms with van der Waals surface area (Å²) in [6, 6.07) is 23.8. The third-order valence-corrected chi connectivity index (χ3v) is 7.39. The first-order valence-corrected chi connectivity index (χ1v) is 18.0. The number of alkyl halides is 6. The van der Waals surface area contributed by atoms with Gasteiger partial charge < -0.3 is 52.2 Å². The van der Waals surface area contributed by atoms with Gasteiger partial charge in [0.25, 0.3) is 0 Å². The summed E-state index contributed by atoms with van der Waals surface area (Å²) in [5.41, 5.74) is 13.6. The summed E-state index contributed by atoms with van der Waals surface area (Å²) in [7, 11) is 0. The fourth-order valence-electron chi connectivity index (χ4n) is 4.57. The maximum atomic E-state index is 13.8. The molecule has 23 heteroatoms. The lowest BCUT2D eigenvalue weighted by Gasteiger charge is -2.23. The minimum atomic E-state index is -5.08. The Morgan fingerprint density at radius 2 is 1.20 bits per heavy atom. The molecule has 3 rings (SSSR count). The van der Waals surface area contributed by atoms with E-state index in [-0.39, 0.29) is 49.6 Å². The first-order chi connectivity index (χ1) is 28.8. The number of phenolic OH excluding ortho intramolecular Hbond substituents is 1. The Balaban J connectivity index is 0.00000114. The molecular formula is C38H47F6N7O10. The molecule has 3 aromatic carbocycles. The van der Waals surface area contributed by atoms with Crippen molar-refractivity contribution in [3.8, 4) is 5.75 Å². The molecule has 0 spiro atoms. The Morgan fingerprint density at radius 3 is 1.67 bits per heavy atom. The second-order valence-corrected chi connectivity index (χ2v) is 12.1. The van der Waals surface area contributed by atoms with Crippen LogP contribution in [-0.2, 0) is 35.2 Å². The van der Waals surface area contributed by atoms with E-state index in [1.165, 1.54) is 12.1 Å². The Morgan fingerprint density at radius 1 is 0.705 bits per heavy atom. The van der Waals surface area contributed by atoms with Gasteiger partial charge in [-0.05, 0) is 41.7 Å². The Bertz CT molecular complexity index is 1740. The van der Waals surface area contributed by atoms with Crippen molar-refractivity contribution < 1.29 is 75.1 Å². The summed E-state index contributed by atoms with van der Waals surface area (Å²) in [5, 5.41) is 34.7. The highest BCUT2D eigenvalue weighted by atomic mass is 19.4. The summed E-state index contributed by atoms with van der Waals surface area (Å²) in [6.45, 7) is 2.71. The smallest absolute Gasteiger partial charge is 0.490 e. The third kappa shape index (κ3) is 23.7. The molecule has 0 aliphatic heterocycles. The highest BCUT2D eigenvalue weighted by molar-refractivity contribution is 5.95. The van der Waals surface area contributed by atoms with E-state index in [9.17, 15) is 45.8 Å². The molecule has 336 valence electrons. The van der Waals surface area contributed by atoms with Gasteiger partial charge in [-0.2, -0.15) is 26.3 Å². The number of hydrogen-bond acceptors (Lipinski definition) is 10. The van der Waals surface area contributed by atoms with Crippen LogP contribution in [0, 0.1) is 0 Å². The monoisotopic (exact) mass is 875 g/mol. The number of aliphatic carboxylic acids is 2. The average molecular weight is 876 g/mol. The van der Waals surface area contributed by atoms with Crippen molar-refractivity contribution in [2.45, 2.75) is 43.7 Å². The van der Waals surface area contributed by atoms with Gasteiger partial charge in [0.1, 0.15) is 11.8 Å². The van der Waals surface area contributed by atoms with E-state index in [4.69, 9.17) is 40.7 Å². The summed E-state index contributed by atoms with van der Waals surface area (Å²) >= 11 is 0. The maximum Gasteiger partial charge on any atom is 0.490 e. The van der Waals surface area contributed by atoms with Crippen LogP contribution in [0.3, 0.4) is 0 Å². The highest BCUT2D eigenvalue weighted by Crippen LogP contribution is 2.25. The van der Waals surface area contributed by atoms with E-state index < -0.39 is 42.3 Å². The number of carbonyl (C=O) groups excluding carboxylic acids is 3. The van der Waals surface area contributed by atoms with Gasteiger partial charge in [-0.15, -0.1) is 0 Å². The standard InChI is InChI=1S/C34H45N7O6.2C2HF3O2/c35-17-20-46-22-23-47-21-19-38-34(45)41-33(36)37-18-7-12-29(31(43)39-24-25-13-15-28(42)16-14-25)40-32(44)30(26-8-3-1-4-9-26)27-10-5-2-6-11-27;2*3-2(4,5)1(6)7/h1-6,8-11,13-16,29-30,42H,7,12,17-24,35H2,(H,39,43)(H,40,44)(H4,36,37,38,41,45);2*(H,6,7)/t29-;;/m1../s1. The van der Waals surface area contributed by atoms with Crippen LogP contribution in [0.25, 0.3) is 0 Å². The van der Waals surface area contributed by atoms with E-state index in [1.54, 1.807) is 12.1 Å². The molecule has 0 bridgehead atoms. The van der Waals surface area contributed by atoms with E-state index >= 15 is 0 Å². The number of aliphatic imine (C=N–C) groups is 1. The third-order valence-electron chi connectivity index (χ3n) is 7.39. The van der Waals surface area contributed by atoms with Gasteiger partial charge in [-0.25, -0.2) is 14.4 Å². The summed E-state index contributed by atoms with van der Waals surface area (Å²) in [4.78, 5) is 61.2. The number of carboxylic acids is 2. The minimum absolute atomic E-state index is 0.0795. The molecule has 0 fully saturated rings. The first-order valence-electron chi connectivity index (χ1n) is 18.0. The predicted molar refractivity (Wildman–Crippen MR) is 207 cm³/mol. The van der Waals surface area contributed by atoms with E-state index in [2.05, 4.69) is 26.3 Å². The van der Waals surface area contributed by atoms with Crippen LogP contribution in [0.1, 0.15) is 35.4 Å². The van der Waals surface area contributed by atoms with Crippen molar-refractivity contribution in [2.75, 3.05) is 46.1 Å². The van der Waals surface area contributed by atoms with Gasteiger partial charge >= 0.3 is 30.3 Å². The maximum absolute atomic E-state index is 13.8. The number of aromatic hydroxyl groups is 1. The molecule has 0 radical (unpaired) electrons. The van der Waals surface area contributed by atoms with Gasteiger partial charge in [0.05, 0.1) is 32.3 Å². The molecule has 4 amide bonds. The lowest BCUT2D eigenvalue weighted by molar-refractivity contribution is -0.193. The second-order valence-electron chi connectivity index (χ2n) is 12.1. The molecule has 0 saturated carbocycles. The number of nitrogens with two attached hydrogens (primary N) is 2. The van der Waals surface area contributed by atoms with Crippen LogP contribution in [0.2, 0.25) is 0 Å². The van der Waals surface area contributed by atoms with Gasteiger partial charge in [-0.1, -0.05) is 72.8 Å². The molecular weight excluding hydrogens is 828 g/mol. The predicted octanol–water partition coefficient (Wildman–Crippen LogP) is 2.98. The Kier molecular flexibility index (Phi) is 24.2. The topological polar surface area (TPSA) is 277 Å². The number of halogens is 6. The largest absolute Gasteiger partial charge is 0.508 e. The molecule has 0 saturated heterocycles. The lowest BCUT2D eigenvalue weighted by atomic mass is 9.90. The molecule has 0 aliphatic rings. The number of nitrogens with one attached hydrogen (secondary N) is 4. The van der Waals surface area contributed by atoms with Crippen LogP contribution in [0.4, 0.5) is 31.1 Å². The highest BCUT2D eigenvalue weighted by Gasteiger charge is 2.39. The van der Waals surface area contributed by atoms with Crippen LogP contribution < -0.4 is 32.7 Å². The molecule has 3 aromatic rings. The molecule has 1 atom stereocenters. The number of hydrogen-bond donors (Lipinski definition) is 9. The van der Waals surface area contributed by atoms with Crippen molar-refractivity contribution in [3.05, 3.63) is 102 Å². The van der Waals surface area contributed by atoms with Gasteiger partial charge in [0.15, 0.2) is 5.96 Å². The number of ether oxygens (including phenoxy) is 2. The molecule has 0 heterocycles. The number of phenols is 1. The Hall–Kier alpha value is -6.46. The quantitative estimate of drug-likeness (QED) is 0.0364. The number of urea groups is 1. The number of carbonyl (C=O) groups is 5. The number of carboxylic acid groups (broad SMARTS) is 2. The summed E-state index contributed by atoms with van der Waals surface area (Å²) in [6.07, 6.45) is -9.51. The SMILES string of the molecule is NCCOCCOCCNC(=O)NC(N)=NCCC[C@@H](NC(=O)C(c1ccccc1)c1ccccc1)C(=O)NCc1ccc(O)cc1.O=C(O)C(F)(F)F.O=C(O)C(F)(F)F. The van der Waals surface area contributed by atoms with Crippen LogP contribution in [0.5, 0.6) is 5.75 Å². The summed E-state index contributed by atoms with van der Waals surface area (Å²) in [5.74, 6) is -6.78. The first kappa shape index (κ1) is 52.6. The normalized spacial score (nSPS) is 11.8. The van der Waals surface area contributed by atoms with Crippen molar-refractivity contribution in [2.24, 2.45) is 16.5 Å². The van der Waals surface area contributed by atoms with Crippen LogP contribution in [-0.4, -0.2) is 116 Å². The van der Waals surface area contributed by atoms with Gasteiger partial charge in [-0.3, -0.25) is 19.9 Å². The van der Waals surface area contributed by atoms with Crippen molar-refractivity contribution in [3.63, 3.8) is 0 Å². The molecule has 11 N–H and O–H groups in total. The fraction of sp³-hybridized carbons (Fsp3) is 0.368. The number of benzene rings is 3. The molecule has 0 aromatic heterocycles. The van der Waals surface area contributed by atoms with E-state index in [0.29, 0.717) is 39.4 Å². The number of guanidine groups is 1. The second kappa shape index (κ2) is 28.1. The number of nitrogens with zero attached hydrogens (tertiary/aromatic N) is 1. The minimum Gasteiger partial charge on any atom is -0.508 e. The van der Waals surface area contributed by atoms with E-state index in [1.807, 2.05) is 60.7 Å². The Labute approximate surface area is 345 Å². The van der Waals surface area contributed by atoms with Gasteiger partial charge in [0, 0.05) is 26.2 Å². The van der Waals surface area contributed by atoms with Crippen LogP contribution in [0.15, 0.2) is 89.9 Å². The molecule has 0 aliphatic carbocycles. The fourth-order valence-corrected chi connectivity index (χ4v) is 4.57. The summed E-state index contributed by atoms with van der Waals surface area (Å²) < 4.78 is 74.0. The lowest BCUT2D eigenvalue weighted by Crippen LogP contribution is -2.48. The van der Waals surface area contributed by atoms with Crippen molar-refractivity contribution >= 4 is 35.7 Å². The number of amides is 4. The van der Waals surface area contributed by atoms with Crippen molar-refractivity contribution in [1.82, 2.24) is 21.3 Å². The van der Waals surface area contributed by atoms with Crippen molar-refractivity contribution in [1.29, 1.82) is 0 Å². The molecule has 17 nitrogen and oxygen atoms in total. The average Bonchev–Trinajstić information content (AvgIpc) is 3.20.